The Labute approximate surface area is 180 Å². The fourth-order valence-electron chi connectivity index (χ4n) is 2.91. The largest absolute Gasteiger partial charge is 0.417 e. The van der Waals surface area contributed by atoms with Gasteiger partial charge in [0.25, 0.3) is 5.91 Å². The summed E-state index contributed by atoms with van der Waals surface area (Å²) in [5.74, 6) is -1.06. The van der Waals surface area contributed by atoms with Crippen LogP contribution >= 0.6 is 0 Å². The predicted molar refractivity (Wildman–Crippen MR) is 107 cm³/mol. The van der Waals surface area contributed by atoms with Crippen LogP contribution in [0.1, 0.15) is 27.2 Å². The molecule has 0 spiro atoms. The van der Waals surface area contributed by atoms with Gasteiger partial charge in [-0.1, -0.05) is 12.1 Å². The van der Waals surface area contributed by atoms with Gasteiger partial charge in [-0.3, -0.25) is 9.59 Å². The number of alkyl halides is 3. The van der Waals surface area contributed by atoms with Gasteiger partial charge in [-0.25, -0.2) is 14.1 Å². The topological polar surface area (TPSA) is 88.9 Å². The Morgan fingerprint density at radius 3 is 2.47 bits per heavy atom. The van der Waals surface area contributed by atoms with E-state index in [1.807, 2.05) is 0 Å². The molecule has 0 unspecified atom stereocenters. The second kappa shape index (κ2) is 9.58. The Hall–Kier alpha value is -3.76. The number of rotatable bonds is 7. The molecule has 32 heavy (non-hydrogen) atoms. The molecule has 7 nitrogen and oxygen atoms in total. The van der Waals surface area contributed by atoms with Crippen molar-refractivity contribution in [3.05, 3.63) is 77.0 Å². The van der Waals surface area contributed by atoms with Crippen LogP contribution in [-0.4, -0.2) is 39.7 Å². The summed E-state index contributed by atoms with van der Waals surface area (Å²) in [7, 11) is 0. The number of hydrogen-bond acceptors (Lipinski definition) is 4. The number of pyridine rings is 1. The average molecular weight is 449 g/mol. The zero-order chi connectivity index (χ0) is 23.3. The van der Waals surface area contributed by atoms with Crippen LogP contribution in [0.3, 0.4) is 0 Å². The number of carbonyl (C=O) groups excluding carboxylic acids is 2. The minimum Gasteiger partial charge on any atom is -0.354 e. The molecule has 0 atom stereocenters. The van der Waals surface area contributed by atoms with Gasteiger partial charge in [-0.05, 0) is 36.8 Å². The van der Waals surface area contributed by atoms with E-state index in [0.29, 0.717) is 17.5 Å². The van der Waals surface area contributed by atoms with Crippen molar-refractivity contribution in [3.63, 3.8) is 0 Å². The van der Waals surface area contributed by atoms with E-state index in [2.05, 4.69) is 20.7 Å². The number of hydrogen-bond donors (Lipinski definition) is 2. The van der Waals surface area contributed by atoms with Crippen LogP contribution in [0, 0.1) is 12.7 Å². The summed E-state index contributed by atoms with van der Waals surface area (Å²) < 4.78 is 52.4. The summed E-state index contributed by atoms with van der Waals surface area (Å²) in [4.78, 5) is 28.0. The van der Waals surface area contributed by atoms with Gasteiger partial charge in [0.2, 0.25) is 5.91 Å². The third-order valence-corrected chi connectivity index (χ3v) is 4.53. The maximum absolute atomic E-state index is 13.1. The van der Waals surface area contributed by atoms with Crippen molar-refractivity contribution in [2.45, 2.75) is 19.5 Å². The summed E-state index contributed by atoms with van der Waals surface area (Å²) in [5, 5.41) is 9.27. The highest BCUT2D eigenvalue weighted by atomic mass is 19.4. The fourth-order valence-corrected chi connectivity index (χ4v) is 2.91. The summed E-state index contributed by atoms with van der Waals surface area (Å²) in [6, 6.07) is 7.76. The summed E-state index contributed by atoms with van der Waals surface area (Å²) in [6.45, 7) is 1.88. The van der Waals surface area contributed by atoms with Crippen LogP contribution < -0.4 is 10.6 Å². The highest BCUT2D eigenvalue weighted by molar-refractivity contribution is 5.95. The zero-order valence-corrected chi connectivity index (χ0v) is 16.9. The molecule has 0 aliphatic heterocycles. The van der Waals surface area contributed by atoms with Crippen molar-refractivity contribution in [2.75, 3.05) is 13.1 Å². The second-order valence-corrected chi connectivity index (χ2v) is 6.87. The van der Waals surface area contributed by atoms with Crippen molar-refractivity contribution in [1.29, 1.82) is 0 Å². The van der Waals surface area contributed by atoms with Gasteiger partial charge in [-0.2, -0.15) is 18.3 Å². The number of carbonyl (C=O) groups is 2. The molecule has 0 fully saturated rings. The fraction of sp³-hybridized carbons (Fsp3) is 0.238. The van der Waals surface area contributed by atoms with Crippen molar-refractivity contribution in [2.24, 2.45) is 0 Å². The molecule has 2 aromatic heterocycles. The molecule has 0 bridgehead atoms. The van der Waals surface area contributed by atoms with E-state index in [1.165, 1.54) is 35.1 Å². The zero-order valence-electron chi connectivity index (χ0n) is 16.9. The highest BCUT2D eigenvalue weighted by Crippen LogP contribution is 2.28. The van der Waals surface area contributed by atoms with Crippen LogP contribution in [0.25, 0.3) is 5.82 Å². The molecule has 1 aromatic carbocycles. The molecular formula is C21H19F4N5O2. The maximum atomic E-state index is 13.1. The third-order valence-electron chi connectivity index (χ3n) is 4.53. The molecule has 168 valence electrons. The number of amides is 2. The minimum absolute atomic E-state index is 0.0116. The Morgan fingerprint density at radius 2 is 1.81 bits per heavy atom. The Balaban J connectivity index is 1.52. The number of nitrogens with one attached hydrogen (secondary N) is 2. The molecule has 0 aliphatic carbocycles. The first-order valence-corrected chi connectivity index (χ1v) is 9.53. The van der Waals surface area contributed by atoms with Gasteiger partial charge < -0.3 is 10.6 Å². The molecule has 0 aliphatic rings. The number of halogens is 4. The van der Waals surface area contributed by atoms with E-state index >= 15 is 0 Å². The van der Waals surface area contributed by atoms with Gasteiger partial charge in [0.1, 0.15) is 5.82 Å². The first-order chi connectivity index (χ1) is 15.1. The van der Waals surface area contributed by atoms with Crippen molar-refractivity contribution in [3.8, 4) is 5.82 Å². The highest BCUT2D eigenvalue weighted by Gasteiger charge is 2.30. The van der Waals surface area contributed by atoms with E-state index in [1.54, 1.807) is 13.0 Å². The lowest BCUT2D eigenvalue weighted by atomic mass is 10.1. The summed E-state index contributed by atoms with van der Waals surface area (Å²) in [6.07, 6.45) is -2.50. The lowest BCUT2D eigenvalue weighted by molar-refractivity contribution is -0.137. The Bertz CT molecular complexity index is 1110. The van der Waals surface area contributed by atoms with Crippen molar-refractivity contribution < 1.29 is 27.2 Å². The van der Waals surface area contributed by atoms with Crippen LogP contribution in [0.15, 0.2) is 48.8 Å². The smallest absolute Gasteiger partial charge is 0.354 e. The average Bonchev–Trinajstić information content (AvgIpc) is 3.12. The number of benzene rings is 1. The van der Waals surface area contributed by atoms with Gasteiger partial charge in [-0.15, -0.1) is 0 Å². The Kier molecular flexibility index (Phi) is 6.86. The molecule has 0 radical (unpaired) electrons. The van der Waals surface area contributed by atoms with Gasteiger partial charge >= 0.3 is 6.18 Å². The van der Waals surface area contributed by atoms with E-state index < -0.39 is 23.5 Å². The number of aromatic nitrogens is 3. The van der Waals surface area contributed by atoms with E-state index in [9.17, 15) is 27.2 Å². The van der Waals surface area contributed by atoms with Gasteiger partial charge in [0.05, 0.1) is 29.4 Å². The summed E-state index contributed by atoms with van der Waals surface area (Å²) >= 11 is 0. The molecule has 11 heteroatoms. The van der Waals surface area contributed by atoms with Gasteiger partial charge in [0.15, 0.2) is 5.82 Å². The van der Waals surface area contributed by atoms with Crippen LogP contribution in [-0.2, 0) is 17.4 Å². The predicted octanol–water partition coefficient (Wildman–Crippen LogP) is 2.82. The van der Waals surface area contributed by atoms with Gasteiger partial charge in [0, 0.05) is 19.3 Å². The molecule has 2 amide bonds. The molecule has 3 aromatic rings. The lowest BCUT2D eigenvalue weighted by Gasteiger charge is -2.09. The van der Waals surface area contributed by atoms with Crippen LogP contribution in [0.4, 0.5) is 17.6 Å². The van der Waals surface area contributed by atoms with E-state index in [-0.39, 0.29) is 36.8 Å². The molecule has 2 heterocycles. The van der Waals surface area contributed by atoms with E-state index in [4.69, 9.17) is 0 Å². The summed E-state index contributed by atoms with van der Waals surface area (Å²) in [5.41, 5.74) is 0.262. The molecule has 3 rings (SSSR count). The van der Waals surface area contributed by atoms with Crippen molar-refractivity contribution in [1.82, 2.24) is 25.4 Å². The van der Waals surface area contributed by atoms with E-state index in [0.717, 1.165) is 6.07 Å². The molecule has 0 saturated heterocycles. The number of nitrogens with zero attached hydrogens (tertiary/aromatic N) is 3. The second-order valence-electron chi connectivity index (χ2n) is 6.87. The minimum atomic E-state index is -4.50. The first-order valence-electron chi connectivity index (χ1n) is 9.53. The lowest BCUT2D eigenvalue weighted by Crippen LogP contribution is -2.35. The third kappa shape index (κ3) is 5.68. The monoisotopic (exact) mass is 449 g/mol. The standard InChI is InChI=1S/C21H19F4N5O2/c1-13-17(12-29-30(13)18-6-5-15(11-28-18)21(23,24)25)20(32)27-8-7-26-19(31)10-14-3-2-4-16(22)9-14/h2-6,9,11-12H,7-8,10H2,1H3,(H,26,31)(H,27,32). The van der Waals surface area contributed by atoms with Crippen LogP contribution in [0.2, 0.25) is 0 Å². The quantitative estimate of drug-likeness (QED) is 0.429. The SMILES string of the molecule is Cc1c(C(=O)NCCNC(=O)Cc2cccc(F)c2)cnn1-c1ccc(C(F)(F)F)cn1. The normalized spacial score (nSPS) is 11.3. The first kappa shape index (κ1) is 22.9. The molecule has 2 N–H and O–H groups in total. The molecule has 0 saturated carbocycles. The maximum Gasteiger partial charge on any atom is 0.417 e. The molecular weight excluding hydrogens is 430 g/mol. The Morgan fingerprint density at radius 1 is 1.06 bits per heavy atom. The van der Waals surface area contributed by atoms with Crippen molar-refractivity contribution >= 4 is 11.8 Å². The van der Waals surface area contributed by atoms with Crippen LogP contribution in [0.5, 0.6) is 0 Å².